The minimum absolute atomic E-state index is 0.705. The van der Waals surface area contributed by atoms with Crippen molar-refractivity contribution in [2.75, 3.05) is 13.1 Å². The normalized spacial score (nSPS) is 24.2. The monoisotopic (exact) mass is 108 g/mol. The zero-order valence-electron chi connectivity index (χ0n) is 4.62. The maximum atomic E-state index is 5.36. The minimum Gasteiger partial charge on any atom is -0.231 e. The van der Waals surface area contributed by atoms with Crippen molar-refractivity contribution >= 4 is 0 Å². The van der Waals surface area contributed by atoms with Crippen molar-refractivity contribution in [3.8, 4) is 0 Å². The van der Waals surface area contributed by atoms with Crippen LogP contribution in [-0.2, 0) is 0 Å². The molecule has 0 unspecified atom stereocenters. The van der Waals surface area contributed by atoms with Crippen LogP contribution >= 0.6 is 0 Å². The lowest BCUT2D eigenvalue weighted by Gasteiger charge is -2.27. The highest BCUT2D eigenvalue weighted by Crippen LogP contribution is 1.99. The Hall–Kier alpha value is -0.340. The van der Waals surface area contributed by atoms with E-state index in [4.69, 9.17) is 14.1 Å². The van der Waals surface area contributed by atoms with Crippen LogP contribution in [0.3, 0.4) is 0 Å². The van der Waals surface area contributed by atoms with Crippen LogP contribution in [0.5, 0.6) is 0 Å². The smallest absolute Gasteiger partial charge is 0.0621 e. The summed E-state index contributed by atoms with van der Waals surface area (Å²) in [5, 5.41) is 2.92. The van der Waals surface area contributed by atoms with Gasteiger partial charge >= 0.3 is 0 Å². The van der Waals surface area contributed by atoms with Crippen molar-refractivity contribution in [3.63, 3.8) is 0 Å². The molecule has 0 amide bonds. The number of nitrogens with zero attached hydrogens (tertiary/aromatic N) is 2. The molecule has 4 radical (unpaired) electrons. The van der Waals surface area contributed by atoms with Gasteiger partial charge in [0.05, 0.1) is 14.1 Å². The van der Waals surface area contributed by atoms with E-state index in [-0.39, 0.29) is 0 Å². The van der Waals surface area contributed by atoms with Crippen LogP contribution in [0.1, 0.15) is 0 Å². The lowest BCUT2D eigenvalue weighted by molar-refractivity contribution is 0.0880. The summed E-state index contributed by atoms with van der Waals surface area (Å²) in [4.78, 5) is 0. The van der Waals surface area contributed by atoms with E-state index in [0.29, 0.717) is 13.1 Å². The average molecular weight is 108 g/mol. The molecule has 0 bridgehead atoms. The summed E-state index contributed by atoms with van der Waals surface area (Å²) in [6, 6.07) is 0. The Bertz CT molecular complexity index is 86.7. The van der Waals surface area contributed by atoms with Gasteiger partial charge in [0, 0.05) is 13.1 Å². The second-order valence-electron chi connectivity index (χ2n) is 1.72. The van der Waals surface area contributed by atoms with E-state index < -0.39 is 0 Å². The third-order valence-corrected chi connectivity index (χ3v) is 1.08. The van der Waals surface area contributed by atoms with Crippen molar-refractivity contribution in [2.24, 2.45) is 0 Å². The molecule has 0 aromatic rings. The fourth-order valence-corrected chi connectivity index (χ4v) is 0.575. The van der Waals surface area contributed by atoms with Gasteiger partial charge in [-0.2, -0.15) is 0 Å². The zero-order chi connectivity index (χ0) is 5.98. The van der Waals surface area contributed by atoms with Gasteiger partial charge in [0.15, 0.2) is 0 Å². The summed E-state index contributed by atoms with van der Waals surface area (Å²) < 4.78 is 0. The third kappa shape index (κ3) is 1.08. The van der Waals surface area contributed by atoms with Gasteiger partial charge in [-0.3, -0.25) is 0 Å². The molecule has 1 rings (SSSR count). The summed E-state index contributed by atoms with van der Waals surface area (Å²) in [5.74, 6) is 0. The molecule has 2 heteroatoms. The molecule has 8 heavy (non-hydrogen) atoms. The Morgan fingerprint density at radius 2 is 1.38 bits per heavy atom. The van der Waals surface area contributed by atoms with Crippen molar-refractivity contribution in [3.05, 3.63) is 26.2 Å². The van der Waals surface area contributed by atoms with Gasteiger partial charge in [-0.15, -0.1) is 0 Å². The van der Waals surface area contributed by atoms with Crippen molar-refractivity contribution < 1.29 is 0 Å². The number of hydrogen-bond donors (Lipinski definition) is 0. The molecule has 0 saturated carbocycles. The van der Waals surface area contributed by atoms with Crippen LogP contribution in [0.2, 0.25) is 0 Å². The zero-order valence-corrected chi connectivity index (χ0v) is 4.62. The van der Waals surface area contributed by atoms with Gasteiger partial charge in [0.25, 0.3) is 0 Å². The highest BCUT2D eigenvalue weighted by molar-refractivity contribution is 4.91. The minimum atomic E-state index is 0.705. The Morgan fingerprint density at radius 1 is 1.00 bits per heavy atom. The van der Waals surface area contributed by atoms with E-state index in [9.17, 15) is 0 Å². The van der Waals surface area contributed by atoms with E-state index in [1.807, 2.05) is 12.2 Å². The molecule has 1 aliphatic heterocycles. The SMILES string of the molecule is [CH]N1CC=CCN1[CH]. The fourth-order valence-electron chi connectivity index (χ4n) is 0.575. The van der Waals surface area contributed by atoms with Gasteiger partial charge in [0.1, 0.15) is 0 Å². The predicted molar refractivity (Wildman–Crippen MR) is 31.2 cm³/mol. The van der Waals surface area contributed by atoms with Crippen molar-refractivity contribution in [1.82, 2.24) is 10.0 Å². The summed E-state index contributed by atoms with van der Waals surface area (Å²) in [5.41, 5.74) is 0. The topological polar surface area (TPSA) is 6.48 Å². The summed E-state index contributed by atoms with van der Waals surface area (Å²) >= 11 is 0. The third-order valence-electron chi connectivity index (χ3n) is 1.08. The number of hydrogen-bond acceptors (Lipinski definition) is 2. The first-order valence-corrected chi connectivity index (χ1v) is 2.50. The quantitative estimate of drug-likeness (QED) is 0.415. The van der Waals surface area contributed by atoms with E-state index in [0.717, 1.165) is 0 Å². The second-order valence-corrected chi connectivity index (χ2v) is 1.72. The molecule has 0 fully saturated rings. The fraction of sp³-hybridized carbons (Fsp3) is 0.333. The van der Waals surface area contributed by atoms with Gasteiger partial charge in [-0.05, 0) is 0 Å². The van der Waals surface area contributed by atoms with Gasteiger partial charge in [-0.1, -0.05) is 12.2 Å². The maximum Gasteiger partial charge on any atom is 0.0621 e. The lowest BCUT2D eigenvalue weighted by Crippen LogP contribution is -2.35. The van der Waals surface area contributed by atoms with Crippen molar-refractivity contribution in [1.29, 1.82) is 0 Å². The maximum absolute atomic E-state index is 5.36. The van der Waals surface area contributed by atoms with E-state index in [2.05, 4.69) is 0 Å². The number of rotatable bonds is 0. The first kappa shape index (κ1) is 5.79. The standard InChI is InChI=1S/C6H8N2/c1-7-5-3-4-6-8(7)2/h1-4H,5-6H2. The Labute approximate surface area is 50.4 Å². The lowest BCUT2D eigenvalue weighted by atomic mass is 10.4. The van der Waals surface area contributed by atoms with Gasteiger partial charge in [-0.25, -0.2) is 10.0 Å². The molecular formula is C6H8N2. The first-order chi connectivity index (χ1) is 3.80. The van der Waals surface area contributed by atoms with Crippen LogP contribution in [0.25, 0.3) is 0 Å². The van der Waals surface area contributed by atoms with Gasteiger partial charge < -0.3 is 0 Å². The van der Waals surface area contributed by atoms with Crippen LogP contribution in [0.4, 0.5) is 0 Å². The Morgan fingerprint density at radius 3 is 1.62 bits per heavy atom. The molecule has 42 valence electrons. The predicted octanol–water partition coefficient (Wildman–Crippen LogP) is 0.412. The molecule has 1 aliphatic rings. The van der Waals surface area contributed by atoms with E-state index in [1.54, 1.807) is 0 Å². The summed E-state index contributed by atoms with van der Waals surface area (Å²) in [7, 11) is 10.7. The molecule has 0 aromatic carbocycles. The highest BCUT2D eigenvalue weighted by atomic mass is 15.6. The van der Waals surface area contributed by atoms with E-state index >= 15 is 0 Å². The number of hydrazine groups is 1. The highest BCUT2D eigenvalue weighted by Gasteiger charge is 2.05. The van der Waals surface area contributed by atoms with Crippen molar-refractivity contribution in [2.45, 2.75) is 0 Å². The molecular weight excluding hydrogens is 100 g/mol. The van der Waals surface area contributed by atoms with Gasteiger partial charge in [0.2, 0.25) is 0 Å². The molecule has 0 aromatic heterocycles. The Balaban J connectivity index is 2.44. The molecule has 0 N–H and O–H groups in total. The molecule has 0 aliphatic carbocycles. The van der Waals surface area contributed by atoms with E-state index in [1.165, 1.54) is 10.0 Å². The van der Waals surface area contributed by atoms with Crippen LogP contribution < -0.4 is 0 Å². The molecule has 0 saturated heterocycles. The summed E-state index contributed by atoms with van der Waals surface area (Å²) in [6.07, 6.45) is 3.95. The molecule has 0 atom stereocenters. The Kier molecular flexibility index (Phi) is 1.65. The first-order valence-electron chi connectivity index (χ1n) is 2.50. The summed E-state index contributed by atoms with van der Waals surface area (Å²) in [6.45, 7) is 1.41. The van der Waals surface area contributed by atoms with Crippen LogP contribution in [-0.4, -0.2) is 23.1 Å². The molecule has 2 nitrogen and oxygen atoms in total. The molecule has 0 spiro atoms. The van der Waals surface area contributed by atoms with Crippen LogP contribution in [0.15, 0.2) is 12.2 Å². The molecule has 1 heterocycles. The van der Waals surface area contributed by atoms with Crippen LogP contribution in [0, 0.1) is 14.1 Å². The average Bonchev–Trinajstić information content (AvgIpc) is 1.77. The largest absolute Gasteiger partial charge is 0.231 e. The second kappa shape index (κ2) is 2.29.